The SMILES string of the molecule is NC(Cc1ccc(Cl)cc1)c1cc(Br)ccc1Cl. The van der Waals surface area contributed by atoms with Crippen LogP contribution in [0.15, 0.2) is 46.9 Å². The van der Waals surface area contributed by atoms with E-state index in [0.717, 1.165) is 27.0 Å². The van der Waals surface area contributed by atoms with Gasteiger partial charge in [0.25, 0.3) is 0 Å². The molecule has 0 aliphatic carbocycles. The lowest BCUT2D eigenvalue weighted by atomic mass is 10.00. The van der Waals surface area contributed by atoms with Gasteiger partial charge in [-0.05, 0) is 47.9 Å². The summed E-state index contributed by atoms with van der Waals surface area (Å²) in [5, 5.41) is 1.42. The van der Waals surface area contributed by atoms with E-state index in [1.165, 1.54) is 0 Å². The van der Waals surface area contributed by atoms with Gasteiger partial charge in [0.2, 0.25) is 0 Å². The quantitative estimate of drug-likeness (QED) is 0.833. The summed E-state index contributed by atoms with van der Waals surface area (Å²) >= 11 is 15.4. The Hall–Kier alpha value is -0.540. The highest BCUT2D eigenvalue weighted by Crippen LogP contribution is 2.27. The third-order valence-electron chi connectivity index (χ3n) is 2.73. The van der Waals surface area contributed by atoms with Gasteiger partial charge in [-0.1, -0.05) is 51.3 Å². The average molecular weight is 345 g/mol. The van der Waals surface area contributed by atoms with Crippen molar-refractivity contribution in [3.63, 3.8) is 0 Å². The second-order valence-corrected chi connectivity index (χ2v) is 5.86. The lowest BCUT2D eigenvalue weighted by Crippen LogP contribution is -2.13. The molecule has 4 heteroatoms. The minimum absolute atomic E-state index is 0.129. The first kappa shape index (κ1) is 13.9. The van der Waals surface area contributed by atoms with Gasteiger partial charge >= 0.3 is 0 Å². The predicted octanol–water partition coefficient (Wildman–Crippen LogP) is 5.00. The number of hydrogen-bond acceptors (Lipinski definition) is 1. The zero-order valence-corrected chi connectivity index (χ0v) is 12.6. The number of benzene rings is 2. The standard InChI is InChI=1S/C14H12BrCl2N/c15-10-3-6-13(17)12(8-10)14(18)7-9-1-4-11(16)5-2-9/h1-6,8,14H,7,18H2. The highest BCUT2D eigenvalue weighted by atomic mass is 79.9. The Morgan fingerprint density at radius 3 is 2.39 bits per heavy atom. The molecule has 1 atom stereocenters. The zero-order valence-electron chi connectivity index (χ0n) is 9.54. The Morgan fingerprint density at radius 1 is 1.06 bits per heavy atom. The fourth-order valence-electron chi connectivity index (χ4n) is 1.78. The molecule has 18 heavy (non-hydrogen) atoms. The normalized spacial score (nSPS) is 12.4. The van der Waals surface area contributed by atoms with Crippen LogP contribution in [-0.4, -0.2) is 0 Å². The van der Waals surface area contributed by atoms with Crippen LogP contribution >= 0.6 is 39.1 Å². The Bertz CT molecular complexity index is 540. The van der Waals surface area contributed by atoms with Gasteiger partial charge in [0.05, 0.1) is 0 Å². The number of halogens is 3. The molecule has 0 aliphatic rings. The van der Waals surface area contributed by atoms with Crippen molar-refractivity contribution in [3.05, 3.63) is 68.1 Å². The molecule has 2 N–H and O–H groups in total. The molecule has 0 aliphatic heterocycles. The van der Waals surface area contributed by atoms with E-state index in [0.29, 0.717) is 5.02 Å². The molecule has 0 spiro atoms. The Morgan fingerprint density at radius 2 is 1.72 bits per heavy atom. The lowest BCUT2D eigenvalue weighted by molar-refractivity contribution is 0.722. The summed E-state index contributed by atoms with van der Waals surface area (Å²) in [6.45, 7) is 0. The third kappa shape index (κ3) is 3.48. The molecule has 2 aromatic rings. The van der Waals surface area contributed by atoms with Crippen LogP contribution in [-0.2, 0) is 6.42 Å². The number of rotatable bonds is 3. The molecule has 0 aromatic heterocycles. The second-order valence-electron chi connectivity index (χ2n) is 4.10. The maximum atomic E-state index is 6.20. The fourth-order valence-corrected chi connectivity index (χ4v) is 2.55. The van der Waals surface area contributed by atoms with Crippen LogP contribution in [0, 0.1) is 0 Å². The number of nitrogens with two attached hydrogens (primary N) is 1. The first-order chi connectivity index (χ1) is 8.56. The molecule has 0 fully saturated rings. The van der Waals surface area contributed by atoms with Gasteiger partial charge in [0, 0.05) is 20.6 Å². The molecule has 1 unspecified atom stereocenters. The van der Waals surface area contributed by atoms with E-state index in [2.05, 4.69) is 15.9 Å². The molecule has 0 amide bonds. The van der Waals surface area contributed by atoms with Crippen LogP contribution in [0.4, 0.5) is 0 Å². The molecule has 94 valence electrons. The van der Waals surface area contributed by atoms with E-state index in [-0.39, 0.29) is 6.04 Å². The monoisotopic (exact) mass is 343 g/mol. The molecule has 2 rings (SSSR count). The van der Waals surface area contributed by atoms with E-state index in [1.807, 2.05) is 42.5 Å². The molecule has 0 heterocycles. The van der Waals surface area contributed by atoms with Crippen molar-refractivity contribution in [3.8, 4) is 0 Å². The van der Waals surface area contributed by atoms with Gasteiger partial charge in [-0.15, -0.1) is 0 Å². The van der Waals surface area contributed by atoms with Gasteiger partial charge in [0.1, 0.15) is 0 Å². The molecular weight excluding hydrogens is 333 g/mol. The van der Waals surface area contributed by atoms with Gasteiger partial charge < -0.3 is 5.73 Å². The van der Waals surface area contributed by atoms with Crippen LogP contribution in [0.2, 0.25) is 10.0 Å². The second kappa shape index (κ2) is 6.07. The first-order valence-corrected chi connectivity index (χ1v) is 7.06. The Balaban J connectivity index is 2.18. The van der Waals surface area contributed by atoms with Gasteiger partial charge in [0.15, 0.2) is 0 Å². The van der Waals surface area contributed by atoms with Crippen molar-refractivity contribution in [2.24, 2.45) is 5.73 Å². The molecule has 0 saturated heterocycles. The van der Waals surface area contributed by atoms with Crippen LogP contribution in [0.1, 0.15) is 17.2 Å². The third-order valence-corrected chi connectivity index (χ3v) is 3.82. The minimum atomic E-state index is -0.129. The van der Waals surface area contributed by atoms with Gasteiger partial charge in [-0.25, -0.2) is 0 Å². The molecule has 0 saturated carbocycles. The summed E-state index contributed by atoms with van der Waals surface area (Å²) in [5.41, 5.74) is 8.28. The van der Waals surface area contributed by atoms with Gasteiger partial charge in [-0.3, -0.25) is 0 Å². The maximum absolute atomic E-state index is 6.20. The predicted molar refractivity (Wildman–Crippen MR) is 81.2 cm³/mol. The number of hydrogen-bond donors (Lipinski definition) is 1. The Labute approximate surface area is 125 Å². The summed E-state index contributed by atoms with van der Waals surface area (Å²) in [7, 11) is 0. The zero-order chi connectivity index (χ0) is 13.1. The smallest absolute Gasteiger partial charge is 0.0454 e. The lowest BCUT2D eigenvalue weighted by Gasteiger charge is -2.14. The van der Waals surface area contributed by atoms with Crippen LogP contribution in [0.5, 0.6) is 0 Å². The van der Waals surface area contributed by atoms with E-state index in [4.69, 9.17) is 28.9 Å². The Kier molecular flexibility index (Phi) is 4.68. The van der Waals surface area contributed by atoms with Crippen LogP contribution in [0.3, 0.4) is 0 Å². The van der Waals surface area contributed by atoms with E-state index >= 15 is 0 Å². The summed E-state index contributed by atoms with van der Waals surface area (Å²) in [4.78, 5) is 0. The average Bonchev–Trinajstić information content (AvgIpc) is 2.35. The summed E-state index contributed by atoms with van der Waals surface area (Å²) in [6.07, 6.45) is 0.730. The minimum Gasteiger partial charge on any atom is -0.324 e. The molecule has 0 bridgehead atoms. The highest BCUT2D eigenvalue weighted by Gasteiger charge is 2.11. The molecular formula is C14H12BrCl2N. The van der Waals surface area contributed by atoms with Crippen LogP contribution < -0.4 is 5.73 Å². The van der Waals surface area contributed by atoms with Crippen molar-refractivity contribution in [1.29, 1.82) is 0 Å². The van der Waals surface area contributed by atoms with E-state index < -0.39 is 0 Å². The maximum Gasteiger partial charge on any atom is 0.0454 e. The topological polar surface area (TPSA) is 26.0 Å². The fraction of sp³-hybridized carbons (Fsp3) is 0.143. The van der Waals surface area contributed by atoms with Crippen LogP contribution in [0.25, 0.3) is 0 Å². The van der Waals surface area contributed by atoms with Crippen molar-refractivity contribution in [2.75, 3.05) is 0 Å². The molecule has 1 nitrogen and oxygen atoms in total. The largest absolute Gasteiger partial charge is 0.324 e. The summed E-state index contributed by atoms with van der Waals surface area (Å²) in [6, 6.07) is 13.3. The summed E-state index contributed by atoms with van der Waals surface area (Å²) in [5.74, 6) is 0. The van der Waals surface area contributed by atoms with Gasteiger partial charge in [-0.2, -0.15) is 0 Å². The van der Waals surface area contributed by atoms with E-state index in [1.54, 1.807) is 0 Å². The van der Waals surface area contributed by atoms with E-state index in [9.17, 15) is 0 Å². The first-order valence-electron chi connectivity index (χ1n) is 5.51. The summed E-state index contributed by atoms with van der Waals surface area (Å²) < 4.78 is 0.980. The molecule has 0 radical (unpaired) electrons. The highest BCUT2D eigenvalue weighted by molar-refractivity contribution is 9.10. The molecule has 2 aromatic carbocycles. The van der Waals surface area contributed by atoms with Crippen molar-refractivity contribution < 1.29 is 0 Å². The van der Waals surface area contributed by atoms with Crippen molar-refractivity contribution >= 4 is 39.1 Å². The van der Waals surface area contributed by atoms with Crippen molar-refractivity contribution in [2.45, 2.75) is 12.5 Å². The van der Waals surface area contributed by atoms with Crippen molar-refractivity contribution in [1.82, 2.24) is 0 Å².